The molecule has 0 spiro atoms. The molecule has 0 aliphatic heterocycles. The number of pyridine rings is 1. The van der Waals surface area contributed by atoms with E-state index in [-0.39, 0.29) is 12.0 Å². The number of hydrazine groups is 1. The van der Waals surface area contributed by atoms with Crippen LogP contribution in [-0.4, -0.2) is 24.0 Å². The summed E-state index contributed by atoms with van der Waals surface area (Å²) in [5.74, 6) is -1.78. The van der Waals surface area contributed by atoms with Gasteiger partial charge in [-0.05, 0) is 12.1 Å². The Labute approximate surface area is 112 Å². The van der Waals surface area contributed by atoms with Crippen LogP contribution < -0.4 is 10.9 Å². The highest BCUT2D eigenvalue weighted by Crippen LogP contribution is 2.29. The minimum absolute atomic E-state index is 0.111. The molecule has 0 atom stereocenters. The van der Waals surface area contributed by atoms with Crippen molar-refractivity contribution < 1.29 is 27.5 Å². The van der Waals surface area contributed by atoms with Gasteiger partial charge in [-0.25, -0.2) is 9.78 Å². The lowest BCUT2D eigenvalue weighted by atomic mass is 10.2. The number of halogens is 3. The molecule has 0 aliphatic carbocycles. The van der Waals surface area contributed by atoms with Crippen LogP contribution in [0.4, 0.5) is 19.0 Å². The first kappa shape index (κ1) is 15.7. The average molecular weight is 291 g/mol. The van der Waals surface area contributed by atoms with Crippen LogP contribution in [0.5, 0.6) is 0 Å². The summed E-state index contributed by atoms with van der Waals surface area (Å²) < 4.78 is 42.1. The van der Waals surface area contributed by atoms with Crippen molar-refractivity contribution in [3.8, 4) is 0 Å². The van der Waals surface area contributed by atoms with E-state index in [1.54, 1.807) is 6.92 Å². The Morgan fingerprint density at radius 1 is 1.35 bits per heavy atom. The smallest absolute Gasteiger partial charge is 0.433 e. The van der Waals surface area contributed by atoms with E-state index in [0.717, 1.165) is 13.2 Å². The summed E-state index contributed by atoms with van der Waals surface area (Å²) in [5, 5.41) is 0. The summed E-state index contributed by atoms with van der Waals surface area (Å²) in [6.07, 6.45) is -4.56. The molecule has 1 rings (SSSR count). The fraction of sp³-hybridized carbons (Fsp3) is 0.364. The molecule has 1 amide bonds. The summed E-state index contributed by atoms with van der Waals surface area (Å²) in [5.41, 5.74) is 2.88. The first-order valence-electron chi connectivity index (χ1n) is 5.51. The number of nitrogens with one attached hydrogen (secondary N) is 2. The number of alkyl halides is 3. The van der Waals surface area contributed by atoms with E-state index in [4.69, 9.17) is 0 Å². The van der Waals surface area contributed by atoms with Gasteiger partial charge in [0.05, 0.1) is 7.11 Å². The van der Waals surface area contributed by atoms with E-state index in [2.05, 4.69) is 20.6 Å². The number of carbonyl (C=O) groups is 2. The zero-order chi connectivity index (χ0) is 15.3. The molecule has 0 radical (unpaired) electrons. The Balaban J connectivity index is 3.13. The van der Waals surface area contributed by atoms with Gasteiger partial charge >= 0.3 is 12.1 Å². The maximum atomic E-state index is 12.6. The van der Waals surface area contributed by atoms with E-state index >= 15 is 0 Å². The number of hydrogen-bond donors (Lipinski definition) is 2. The van der Waals surface area contributed by atoms with Crippen molar-refractivity contribution in [1.29, 1.82) is 0 Å². The van der Waals surface area contributed by atoms with Gasteiger partial charge in [-0.1, -0.05) is 6.92 Å². The minimum atomic E-state index is -4.67. The van der Waals surface area contributed by atoms with E-state index in [0.29, 0.717) is 6.07 Å². The van der Waals surface area contributed by atoms with Gasteiger partial charge in [0.15, 0.2) is 5.82 Å². The van der Waals surface area contributed by atoms with E-state index in [9.17, 15) is 22.8 Å². The molecule has 1 aromatic rings. The van der Waals surface area contributed by atoms with Crippen LogP contribution in [0.1, 0.15) is 29.4 Å². The molecule has 110 valence electrons. The molecule has 20 heavy (non-hydrogen) atoms. The number of methoxy groups -OCH3 is 1. The van der Waals surface area contributed by atoms with Gasteiger partial charge in [0.1, 0.15) is 11.3 Å². The normalized spacial score (nSPS) is 10.8. The molecule has 0 unspecified atom stereocenters. The average Bonchev–Trinajstić information content (AvgIpc) is 2.42. The molecule has 2 N–H and O–H groups in total. The molecule has 9 heteroatoms. The fourth-order valence-electron chi connectivity index (χ4n) is 1.20. The number of hydrogen-bond acceptors (Lipinski definition) is 5. The zero-order valence-electron chi connectivity index (χ0n) is 10.7. The van der Waals surface area contributed by atoms with Gasteiger partial charge in [0.2, 0.25) is 5.91 Å². The number of aromatic nitrogens is 1. The lowest BCUT2D eigenvalue weighted by Crippen LogP contribution is -2.30. The highest BCUT2D eigenvalue weighted by molar-refractivity contribution is 5.94. The van der Waals surface area contributed by atoms with Gasteiger partial charge in [-0.3, -0.25) is 15.6 Å². The van der Waals surface area contributed by atoms with Crippen LogP contribution >= 0.6 is 0 Å². The van der Waals surface area contributed by atoms with Crippen molar-refractivity contribution in [2.45, 2.75) is 19.5 Å². The van der Waals surface area contributed by atoms with Gasteiger partial charge in [0.25, 0.3) is 0 Å². The van der Waals surface area contributed by atoms with E-state index in [1.165, 1.54) is 0 Å². The summed E-state index contributed by atoms with van der Waals surface area (Å²) in [6.45, 7) is 1.55. The van der Waals surface area contributed by atoms with Crippen LogP contribution in [-0.2, 0) is 15.7 Å². The van der Waals surface area contributed by atoms with Crippen LogP contribution in [0.2, 0.25) is 0 Å². The largest absolute Gasteiger partial charge is 0.465 e. The SMILES string of the molecule is CCC(=O)NNc1nc(C(F)(F)F)ccc1C(=O)OC. The van der Waals surface area contributed by atoms with Crippen molar-refractivity contribution in [3.05, 3.63) is 23.4 Å². The maximum Gasteiger partial charge on any atom is 0.433 e. The molecule has 6 nitrogen and oxygen atoms in total. The molecule has 0 saturated heterocycles. The number of nitrogens with zero attached hydrogens (tertiary/aromatic N) is 1. The molecule has 0 bridgehead atoms. The van der Waals surface area contributed by atoms with Crippen LogP contribution in [0.15, 0.2) is 12.1 Å². The zero-order valence-corrected chi connectivity index (χ0v) is 10.7. The summed E-state index contributed by atoms with van der Waals surface area (Å²) in [4.78, 5) is 25.8. The predicted molar refractivity (Wildman–Crippen MR) is 62.6 cm³/mol. The lowest BCUT2D eigenvalue weighted by molar-refractivity contribution is -0.141. The Kier molecular flexibility index (Phi) is 4.89. The molecular formula is C11H12F3N3O3. The van der Waals surface area contributed by atoms with Crippen molar-refractivity contribution >= 4 is 17.7 Å². The van der Waals surface area contributed by atoms with Crippen LogP contribution in [0, 0.1) is 0 Å². The molecule has 0 fully saturated rings. The minimum Gasteiger partial charge on any atom is -0.465 e. The first-order chi connectivity index (χ1) is 9.29. The monoisotopic (exact) mass is 291 g/mol. The van der Waals surface area contributed by atoms with Gasteiger partial charge in [-0.15, -0.1) is 0 Å². The number of amides is 1. The standard InChI is InChI=1S/C11H12F3N3O3/c1-3-8(18)16-17-9-6(10(19)20-2)4-5-7(15-9)11(12,13)14/h4-5H,3H2,1-2H3,(H,15,17)(H,16,18). The Morgan fingerprint density at radius 2 is 2.00 bits per heavy atom. The summed E-state index contributed by atoms with van der Waals surface area (Å²) in [7, 11) is 1.08. The van der Waals surface area contributed by atoms with Crippen molar-refractivity contribution in [1.82, 2.24) is 10.4 Å². The molecule has 1 aromatic heterocycles. The highest BCUT2D eigenvalue weighted by Gasteiger charge is 2.33. The topological polar surface area (TPSA) is 80.3 Å². The number of ether oxygens (including phenoxy) is 1. The van der Waals surface area contributed by atoms with Crippen molar-refractivity contribution in [2.24, 2.45) is 0 Å². The third-order valence-corrected chi connectivity index (χ3v) is 2.23. The quantitative estimate of drug-likeness (QED) is 0.652. The number of carbonyl (C=O) groups excluding carboxylic acids is 2. The fourth-order valence-corrected chi connectivity index (χ4v) is 1.20. The third-order valence-electron chi connectivity index (χ3n) is 2.23. The first-order valence-corrected chi connectivity index (χ1v) is 5.51. The van der Waals surface area contributed by atoms with Gasteiger partial charge < -0.3 is 4.74 Å². The Morgan fingerprint density at radius 3 is 2.50 bits per heavy atom. The number of esters is 1. The second-order valence-corrected chi connectivity index (χ2v) is 3.61. The molecule has 0 aliphatic rings. The molecule has 0 saturated carbocycles. The van der Waals surface area contributed by atoms with Crippen LogP contribution in [0.3, 0.4) is 0 Å². The van der Waals surface area contributed by atoms with Gasteiger partial charge in [0, 0.05) is 6.42 Å². The second kappa shape index (κ2) is 6.22. The molecular weight excluding hydrogens is 279 g/mol. The predicted octanol–water partition coefficient (Wildman–Crippen LogP) is 1.74. The highest BCUT2D eigenvalue weighted by atomic mass is 19.4. The number of anilines is 1. The van der Waals surface area contributed by atoms with Crippen molar-refractivity contribution in [2.75, 3.05) is 12.5 Å². The van der Waals surface area contributed by atoms with Crippen LogP contribution in [0.25, 0.3) is 0 Å². The Hall–Kier alpha value is -2.32. The van der Waals surface area contributed by atoms with Gasteiger partial charge in [-0.2, -0.15) is 13.2 Å². The third kappa shape index (κ3) is 3.84. The summed E-state index contributed by atoms with van der Waals surface area (Å²) in [6, 6.07) is 1.57. The van der Waals surface area contributed by atoms with E-state index < -0.39 is 29.6 Å². The van der Waals surface area contributed by atoms with E-state index in [1.807, 2.05) is 0 Å². The molecule has 0 aromatic carbocycles. The second-order valence-electron chi connectivity index (χ2n) is 3.61. The molecule has 1 heterocycles. The van der Waals surface area contributed by atoms with Crippen molar-refractivity contribution in [3.63, 3.8) is 0 Å². The summed E-state index contributed by atoms with van der Waals surface area (Å²) >= 11 is 0. The maximum absolute atomic E-state index is 12.6. The number of rotatable bonds is 4. The lowest BCUT2D eigenvalue weighted by Gasteiger charge is -2.13. The Bertz CT molecular complexity index is 517.